The van der Waals surface area contributed by atoms with Crippen LogP contribution in [0.2, 0.25) is 10.0 Å². The van der Waals surface area contributed by atoms with Gasteiger partial charge in [-0.05, 0) is 41.5 Å². The van der Waals surface area contributed by atoms with Crippen molar-refractivity contribution in [1.29, 1.82) is 0 Å². The highest BCUT2D eigenvalue weighted by molar-refractivity contribution is 6.42. The predicted molar refractivity (Wildman–Crippen MR) is 105 cm³/mol. The molecule has 0 unspecified atom stereocenters. The fraction of sp³-hybridized carbons (Fsp3) is 0.0952. The number of halogens is 2. The molecule has 1 N–H and O–H groups in total. The second-order valence-corrected chi connectivity index (χ2v) is 6.55. The summed E-state index contributed by atoms with van der Waals surface area (Å²) in [5.74, 6) is 0.470. The Bertz CT molecular complexity index is 898. The zero-order valence-electron chi connectivity index (χ0n) is 13.9. The summed E-state index contributed by atoms with van der Waals surface area (Å²) in [5.41, 5.74) is 2.50. The van der Waals surface area contributed by atoms with Crippen LogP contribution in [0.3, 0.4) is 0 Å². The lowest BCUT2D eigenvalue weighted by Gasteiger charge is -2.09. The minimum atomic E-state index is -0.145. The summed E-state index contributed by atoms with van der Waals surface area (Å²) < 4.78 is 5.76. The van der Waals surface area contributed by atoms with Gasteiger partial charge in [0, 0.05) is 12.1 Å². The lowest BCUT2D eigenvalue weighted by atomic mass is 10.2. The Hall–Kier alpha value is -2.49. The third-order valence-electron chi connectivity index (χ3n) is 3.78. The van der Waals surface area contributed by atoms with Gasteiger partial charge in [0.05, 0.1) is 10.0 Å². The van der Waals surface area contributed by atoms with Crippen LogP contribution in [-0.4, -0.2) is 5.91 Å². The monoisotopic (exact) mass is 385 g/mol. The average Bonchev–Trinajstić information content (AvgIpc) is 2.68. The van der Waals surface area contributed by atoms with Crippen LogP contribution in [0, 0.1) is 0 Å². The molecular formula is C21H17Cl2NO2. The predicted octanol–water partition coefficient (Wildman–Crippen LogP) is 5.50. The van der Waals surface area contributed by atoms with Crippen molar-refractivity contribution in [3.8, 4) is 5.75 Å². The maximum Gasteiger partial charge on any atom is 0.251 e. The Kier molecular flexibility index (Phi) is 6.16. The van der Waals surface area contributed by atoms with E-state index in [0.717, 1.165) is 11.1 Å². The SMILES string of the molecule is O=C(NCc1ccccc1)c1cccc(OCc2ccc(Cl)c(Cl)c2)c1. The zero-order chi connectivity index (χ0) is 18.4. The standard InChI is InChI=1S/C21H17Cl2NO2/c22-19-10-9-16(11-20(19)23)14-26-18-8-4-7-17(12-18)21(25)24-13-15-5-2-1-3-6-15/h1-12H,13-14H2,(H,24,25). The first kappa shape index (κ1) is 18.3. The van der Waals surface area contributed by atoms with E-state index in [-0.39, 0.29) is 5.91 Å². The summed E-state index contributed by atoms with van der Waals surface area (Å²) in [5, 5.41) is 3.90. The topological polar surface area (TPSA) is 38.3 Å². The molecule has 0 aliphatic carbocycles. The Morgan fingerprint density at radius 2 is 1.65 bits per heavy atom. The van der Waals surface area contributed by atoms with Crippen LogP contribution in [0.15, 0.2) is 72.8 Å². The molecule has 132 valence electrons. The highest BCUT2D eigenvalue weighted by atomic mass is 35.5. The van der Waals surface area contributed by atoms with Crippen LogP contribution in [0.1, 0.15) is 21.5 Å². The van der Waals surface area contributed by atoms with Crippen molar-refractivity contribution < 1.29 is 9.53 Å². The van der Waals surface area contributed by atoms with Gasteiger partial charge in [-0.2, -0.15) is 0 Å². The molecule has 3 rings (SSSR count). The number of hydrogen-bond acceptors (Lipinski definition) is 2. The molecule has 3 aromatic rings. The number of hydrogen-bond donors (Lipinski definition) is 1. The molecule has 0 aliphatic rings. The van der Waals surface area contributed by atoms with Crippen LogP contribution in [0.5, 0.6) is 5.75 Å². The van der Waals surface area contributed by atoms with Gasteiger partial charge >= 0.3 is 0 Å². The molecule has 1 amide bonds. The molecule has 3 aromatic carbocycles. The van der Waals surface area contributed by atoms with E-state index in [2.05, 4.69) is 5.32 Å². The Morgan fingerprint density at radius 3 is 2.42 bits per heavy atom. The quantitative estimate of drug-likeness (QED) is 0.607. The summed E-state index contributed by atoms with van der Waals surface area (Å²) in [6.07, 6.45) is 0. The van der Waals surface area contributed by atoms with E-state index >= 15 is 0 Å². The molecule has 0 saturated heterocycles. The van der Waals surface area contributed by atoms with Gasteiger partial charge in [0.2, 0.25) is 0 Å². The number of ether oxygens (including phenoxy) is 1. The maximum absolute atomic E-state index is 12.3. The molecule has 0 fully saturated rings. The van der Waals surface area contributed by atoms with E-state index in [9.17, 15) is 4.79 Å². The fourth-order valence-corrected chi connectivity index (χ4v) is 2.72. The molecule has 5 heteroatoms. The number of carbonyl (C=O) groups excluding carboxylic acids is 1. The van der Waals surface area contributed by atoms with Crippen LogP contribution in [0.4, 0.5) is 0 Å². The summed E-state index contributed by atoms with van der Waals surface area (Å²) in [6.45, 7) is 0.819. The molecule has 3 nitrogen and oxygen atoms in total. The normalized spacial score (nSPS) is 10.4. The van der Waals surface area contributed by atoms with E-state index in [1.165, 1.54) is 0 Å². The highest BCUT2D eigenvalue weighted by Gasteiger charge is 2.07. The van der Waals surface area contributed by atoms with Gasteiger partial charge in [-0.25, -0.2) is 0 Å². The average molecular weight is 386 g/mol. The lowest BCUT2D eigenvalue weighted by molar-refractivity contribution is 0.0950. The second-order valence-electron chi connectivity index (χ2n) is 5.73. The summed E-state index contributed by atoms with van der Waals surface area (Å²) in [6, 6.07) is 22.2. The van der Waals surface area contributed by atoms with Crippen molar-refractivity contribution in [3.05, 3.63) is 99.5 Å². The van der Waals surface area contributed by atoms with E-state index in [4.69, 9.17) is 27.9 Å². The van der Waals surface area contributed by atoms with Gasteiger partial charge in [-0.3, -0.25) is 4.79 Å². The molecule has 0 heterocycles. The number of amides is 1. The number of rotatable bonds is 6. The third kappa shape index (κ3) is 5.01. The van der Waals surface area contributed by atoms with Crippen LogP contribution < -0.4 is 10.1 Å². The van der Waals surface area contributed by atoms with Crippen LogP contribution in [-0.2, 0) is 13.2 Å². The summed E-state index contributed by atoms with van der Waals surface area (Å²) in [4.78, 5) is 12.3. The Morgan fingerprint density at radius 1 is 0.846 bits per heavy atom. The molecule has 0 saturated carbocycles. The van der Waals surface area contributed by atoms with Gasteiger partial charge in [-0.1, -0.05) is 65.7 Å². The maximum atomic E-state index is 12.3. The van der Waals surface area contributed by atoms with Crippen molar-refractivity contribution in [1.82, 2.24) is 5.32 Å². The van der Waals surface area contributed by atoms with Crippen LogP contribution >= 0.6 is 23.2 Å². The molecule has 26 heavy (non-hydrogen) atoms. The van der Waals surface area contributed by atoms with Crippen LogP contribution in [0.25, 0.3) is 0 Å². The lowest BCUT2D eigenvalue weighted by Crippen LogP contribution is -2.22. The number of benzene rings is 3. The first-order valence-corrected chi connectivity index (χ1v) is 8.86. The first-order valence-electron chi connectivity index (χ1n) is 8.11. The Balaban J connectivity index is 1.60. The first-order chi connectivity index (χ1) is 12.6. The minimum absolute atomic E-state index is 0.145. The Labute approximate surface area is 162 Å². The van der Waals surface area contributed by atoms with Gasteiger partial charge in [0.1, 0.15) is 12.4 Å². The third-order valence-corrected chi connectivity index (χ3v) is 4.52. The van der Waals surface area contributed by atoms with Crippen molar-refractivity contribution >= 4 is 29.1 Å². The van der Waals surface area contributed by atoms with E-state index in [1.54, 1.807) is 30.3 Å². The molecule has 0 radical (unpaired) electrons. The molecular weight excluding hydrogens is 369 g/mol. The molecule has 0 bridgehead atoms. The number of nitrogens with one attached hydrogen (secondary N) is 1. The van der Waals surface area contributed by atoms with Crippen molar-refractivity contribution in [3.63, 3.8) is 0 Å². The smallest absolute Gasteiger partial charge is 0.251 e. The molecule has 0 atom stereocenters. The summed E-state index contributed by atoms with van der Waals surface area (Å²) >= 11 is 11.9. The molecule has 0 aromatic heterocycles. The minimum Gasteiger partial charge on any atom is -0.489 e. The zero-order valence-corrected chi connectivity index (χ0v) is 15.4. The van der Waals surface area contributed by atoms with E-state index in [1.807, 2.05) is 42.5 Å². The second kappa shape index (κ2) is 8.75. The van der Waals surface area contributed by atoms with Gasteiger partial charge in [-0.15, -0.1) is 0 Å². The highest BCUT2D eigenvalue weighted by Crippen LogP contribution is 2.23. The molecule has 0 spiro atoms. The molecule has 0 aliphatic heterocycles. The van der Waals surface area contributed by atoms with E-state index in [0.29, 0.717) is 34.5 Å². The number of carbonyl (C=O) groups is 1. The van der Waals surface area contributed by atoms with Crippen molar-refractivity contribution in [2.24, 2.45) is 0 Å². The summed E-state index contributed by atoms with van der Waals surface area (Å²) in [7, 11) is 0. The van der Waals surface area contributed by atoms with Gasteiger partial charge in [0.15, 0.2) is 0 Å². The van der Waals surface area contributed by atoms with Gasteiger partial charge < -0.3 is 10.1 Å². The fourth-order valence-electron chi connectivity index (χ4n) is 2.40. The van der Waals surface area contributed by atoms with Crippen molar-refractivity contribution in [2.45, 2.75) is 13.2 Å². The van der Waals surface area contributed by atoms with Crippen molar-refractivity contribution in [2.75, 3.05) is 0 Å². The van der Waals surface area contributed by atoms with Gasteiger partial charge in [0.25, 0.3) is 5.91 Å². The largest absolute Gasteiger partial charge is 0.489 e. The van der Waals surface area contributed by atoms with E-state index < -0.39 is 0 Å².